The van der Waals surface area contributed by atoms with E-state index in [1.807, 2.05) is 6.07 Å². The Kier molecular flexibility index (Phi) is 5.47. The van der Waals surface area contributed by atoms with Crippen molar-refractivity contribution >= 4 is 28.7 Å². The molecule has 0 aromatic carbocycles. The Balaban J connectivity index is 1.40. The van der Waals surface area contributed by atoms with Crippen molar-refractivity contribution in [3.63, 3.8) is 0 Å². The highest BCUT2D eigenvalue weighted by Crippen LogP contribution is 2.31. The molecule has 2 aliphatic heterocycles. The highest BCUT2D eigenvalue weighted by atomic mass is 19.3. The number of ether oxygens (including phenoxy) is 1. The van der Waals surface area contributed by atoms with Gasteiger partial charge >= 0.3 is 6.09 Å². The van der Waals surface area contributed by atoms with Crippen LogP contribution in [-0.2, 0) is 4.74 Å². The lowest BCUT2D eigenvalue weighted by Gasteiger charge is -2.31. The van der Waals surface area contributed by atoms with E-state index in [-0.39, 0.29) is 37.9 Å². The van der Waals surface area contributed by atoms with E-state index < -0.39 is 17.6 Å². The number of cyclic esters (lactones) is 1. The minimum absolute atomic E-state index is 0.0181. The number of alkyl halides is 2. The molecule has 3 aromatic rings. The predicted molar refractivity (Wildman–Crippen MR) is 125 cm³/mol. The maximum atomic E-state index is 13.4. The van der Waals surface area contributed by atoms with Crippen molar-refractivity contribution < 1.29 is 23.1 Å². The third-order valence-corrected chi connectivity index (χ3v) is 6.83. The van der Waals surface area contributed by atoms with E-state index in [2.05, 4.69) is 9.97 Å². The molecule has 9 nitrogen and oxygen atoms in total. The van der Waals surface area contributed by atoms with Gasteiger partial charge in [-0.3, -0.25) is 19.2 Å². The number of nitrogens with two attached hydrogens (primary N) is 1. The molecule has 0 bridgehead atoms. The number of hydrogen-bond donors (Lipinski definition) is 1. The Morgan fingerprint density at radius 1 is 1.17 bits per heavy atom. The Morgan fingerprint density at radius 3 is 2.57 bits per heavy atom. The molecule has 3 aromatic heterocycles. The van der Waals surface area contributed by atoms with E-state index in [1.54, 1.807) is 49.1 Å². The molecular formula is C24H26F2N6O3. The summed E-state index contributed by atoms with van der Waals surface area (Å²) in [6.45, 7) is 3.93. The van der Waals surface area contributed by atoms with Gasteiger partial charge in [0.05, 0.1) is 35.9 Å². The number of hydrogen-bond acceptors (Lipinski definition) is 6. The number of pyridine rings is 2. The van der Waals surface area contributed by atoms with Crippen LogP contribution in [0.2, 0.25) is 0 Å². The van der Waals surface area contributed by atoms with Crippen LogP contribution < -0.4 is 10.6 Å². The SMILES string of the molecule is C[C@@H](N)C1(C)CN(c2cncc(-n3ccc4cc(C(=O)N5CCC(F)(F)CC5)cnc43)c2)C(=O)O1. The molecule has 1 unspecified atom stereocenters. The number of rotatable bonds is 4. The number of amides is 2. The summed E-state index contributed by atoms with van der Waals surface area (Å²) in [5.41, 5.74) is 7.38. The number of nitrogens with zero attached hydrogens (tertiary/aromatic N) is 5. The van der Waals surface area contributed by atoms with E-state index in [0.29, 0.717) is 34.5 Å². The van der Waals surface area contributed by atoms with Gasteiger partial charge in [0.15, 0.2) is 0 Å². The minimum Gasteiger partial charge on any atom is -0.439 e. The quantitative estimate of drug-likeness (QED) is 0.609. The van der Waals surface area contributed by atoms with Gasteiger partial charge in [0.25, 0.3) is 11.8 Å². The third-order valence-electron chi connectivity index (χ3n) is 6.83. The number of carbonyl (C=O) groups excluding carboxylic acids is 2. The molecule has 2 N–H and O–H groups in total. The third kappa shape index (κ3) is 4.20. The van der Waals surface area contributed by atoms with E-state index in [0.717, 1.165) is 0 Å². The number of aromatic nitrogens is 3. The van der Waals surface area contributed by atoms with E-state index in [9.17, 15) is 18.4 Å². The Morgan fingerprint density at radius 2 is 1.89 bits per heavy atom. The molecule has 2 aliphatic rings. The zero-order valence-corrected chi connectivity index (χ0v) is 19.4. The number of halogens is 2. The molecule has 35 heavy (non-hydrogen) atoms. The van der Waals surface area contributed by atoms with Gasteiger partial charge in [-0.1, -0.05) is 0 Å². The maximum Gasteiger partial charge on any atom is 0.415 e. The van der Waals surface area contributed by atoms with Crippen LogP contribution in [0, 0.1) is 0 Å². The van der Waals surface area contributed by atoms with Crippen molar-refractivity contribution in [1.82, 2.24) is 19.4 Å². The molecule has 0 radical (unpaired) electrons. The fourth-order valence-electron chi connectivity index (χ4n) is 4.36. The van der Waals surface area contributed by atoms with E-state index in [4.69, 9.17) is 10.5 Å². The number of anilines is 1. The van der Waals surface area contributed by atoms with Crippen LogP contribution in [-0.4, -0.2) is 68.6 Å². The van der Waals surface area contributed by atoms with Crippen LogP contribution in [0.4, 0.5) is 19.3 Å². The zero-order valence-electron chi connectivity index (χ0n) is 19.4. The molecule has 2 fully saturated rings. The van der Waals surface area contributed by atoms with E-state index in [1.165, 1.54) is 16.0 Å². The summed E-state index contributed by atoms with van der Waals surface area (Å²) < 4.78 is 34.2. The fourth-order valence-corrected chi connectivity index (χ4v) is 4.36. The first kappa shape index (κ1) is 23.2. The lowest BCUT2D eigenvalue weighted by molar-refractivity contribution is -0.0494. The lowest BCUT2D eigenvalue weighted by Crippen LogP contribution is -2.46. The molecular weight excluding hydrogens is 458 g/mol. The summed E-state index contributed by atoms with van der Waals surface area (Å²) in [7, 11) is 0. The van der Waals surface area contributed by atoms with Crippen molar-refractivity contribution in [3.8, 4) is 5.69 Å². The molecule has 184 valence electrons. The molecule has 11 heteroatoms. The average Bonchev–Trinajstić information content (AvgIpc) is 3.39. The number of fused-ring (bicyclic) bond motifs is 1. The normalized spacial score (nSPS) is 22.9. The van der Waals surface area contributed by atoms with Crippen LogP contribution in [0.25, 0.3) is 16.7 Å². The van der Waals surface area contributed by atoms with Gasteiger partial charge in [-0.2, -0.15) is 0 Å². The molecule has 0 spiro atoms. The predicted octanol–water partition coefficient (Wildman–Crippen LogP) is 3.35. The van der Waals surface area contributed by atoms with Crippen molar-refractivity contribution in [3.05, 3.63) is 48.5 Å². The van der Waals surface area contributed by atoms with Gasteiger partial charge < -0.3 is 15.4 Å². The second-order valence-corrected chi connectivity index (χ2v) is 9.43. The van der Waals surface area contributed by atoms with Crippen molar-refractivity contribution in [2.45, 2.75) is 44.3 Å². The lowest BCUT2D eigenvalue weighted by atomic mass is 9.99. The summed E-state index contributed by atoms with van der Waals surface area (Å²) in [6, 6.07) is 4.98. The largest absolute Gasteiger partial charge is 0.439 e. The molecule has 2 amide bonds. The molecule has 0 aliphatic carbocycles. The van der Waals surface area contributed by atoms with Crippen molar-refractivity contribution in [2.75, 3.05) is 24.5 Å². The van der Waals surface area contributed by atoms with Crippen LogP contribution in [0.1, 0.15) is 37.0 Å². The van der Waals surface area contributed by atoms with Gasteiger partial charge in [0, 0.05) is 49.8 Å². The van der Waals surface area contributed by atoms with Gasteiger partial charge in [-0.05, 0) is 32.0 Å². The minimum atomic E-state index is -2.72. The van der Waals surface area contributed by atoms with Gasteiger partial charge in [0.2, 0.25) is 0 Å². The summed E-state index contributed by atoms with van der Waals surface area (Å²) in [5, 5.41) is 0.716. The second-order valence-electron chi connectivity index (χ2n) is 9.43. The van der Waals surface area contributed by atoms with Gasteiger partial charge in [-0.25, -0.2) is 18.6 Å². The first-order chi connectivity index (χ1) is 16.6. The van der Waals surface area contributed by atoms with Crippen molar-refractivity contribution in [1.29, 1.82) is 0 Å². The standard InChI is InChI=1S/C24H26F2N6O3/c1-15(27)23(2)14-32(22(34)35-23)19-10-18(12-28-13-19)31-6-3-16-9-17(11-29-20(16)31)21(33)30-7-4-24(25,26)5-8-30/h3,6,9-13,15H,4-5,7-8,14,27H2,1-2H3/t15-,23?/m1/s1. The van der Waals surface area contributed by atoms with Crippen LogP contribution in [0.5, 0.6) is 0 Å². The topological polar surface area (TPSA) is 107 Å². The average molecular weight is 485 g/mol. The Labute approximate surface area is 200 Å². The summed E-state index contributed by atoms with van der Waals surface area (Å²) in [4.78, 5) is 37.0. The Bertz CT molecular complexity index is 1300. The smallest absolute Gasteiger partial charge is 0.415 e. The molecule has 2 saturated heterocycles. The molecule has 2 atom stereocenters. The fraction of sp³-hybridized carbons (Fsp3) is 0.417. The highest BCUT2D eigenvalue weighted by molar-refractivity contribution is 5.97. The van der Waals surface area contributed by atoms with Crippen LogP contribution in [0.15, 0.2) is 43.0 Å². The number of likely N-dealkylation sites (tertiary alicyclic amines) is 1. The second kappa shape index (κ2) is 8.26. The Hall–Kier alpha value is -3.60. The summed E-state index contributed by atoms with van der Waals surface area (Å²) in [5.74, 6) is -3.03. The number of piperidine rings is 1. The summed E-state index contributed by atoms with van der Waals surface area (Å²) in [6.07, 6.45) is 5.32. The summed E-state index contributed by atoms with van der Waals surface area (Å²) >= 11 is 0. The first-order valence-electron chi connectivity index (χ1n) is 11.4. The van der Waals surface area contributed by atoms with Gasteiger partial charge in [0.1, 0.15) is 11.2 Å². The van der Waals surface area contributed by atoms with E-state index >= 15 is 0 Å². The monoisotopic (exact) mass is 484 g/mol. The molecule has 0 saturated carbocycles. The van der Waals surface area contributed by atoms with Crippen LogP contribution >= 0.6 is 0 Å². The first-order valence-corrected chi connectivity index (χ1v) is 11.4. The molecule has 5 rings (SSSR count). The number of carbonyl (C=O) groups is 2. The zero-order chi connectivity index (χ0) is 25.0. The maximum absolute atomic E-state index is 13.4. The highest BCUT2D eigenvalue weighted by Gasteiger charge is 2.45. The van der Waals surface area contributed by atoms with Crippen LogP contribution in [0.3, 0.4) is 0 Å². The van der Waals surface area contributed by atoms with Crippen molar-refractivity contribution in [2.24, 2.45) is 5.73 Å². The van der Waals surface area contributed by atoms with Gasteiger partial charge in [-0.15, -0.1) is 0 Å². The molecule has 5 heterocycles.